The molecule has 4 heteroatoms. The molecule has 1 heterocycles. The summed E-state index contributed by atoms with van der Waals surface area (Å²) in [6.45, 7) is 0.510. The number of hydrogen-bond donors (Lipinski definition) is 1. The third-order valence-electron chi connectivity index (χ3n) is 1.74. The van der Waals surface area contributed by atoms with Crippen LogP contribution in [0.3, 0.4) is 0 Å². The third kappa shape index (κ3) is 1.76. The molecule has 0 bridgehead atoms. The maximum Gasteiger partial charge on any atom is 0.337 e. The predicted octanol–water partition coefficient (Wildman–Crippen LogP) is 0.216. The second-order valence-electron chi connectivity index (χ2n) is 2.47. The molecule has 0 aromatic heterocycles. The first-order chi connectivity index (χ1) is 5.79. The molecule has 0 fully saturated rings. The van der Waals surface area contributed by atoms with Gasteiger partial charge in [0.05, 0.1) is 25.9 Å². The highest BCUT2D eigenvalue weighted by atomic mass is 16.5. The molecule has 0 radical (unpaired) electrons. The molecule has 4 nitrogen and oxygen atoms in total. The predicted molar refractivity (Wildman–Crippen MR) is 41.3 cm³/mol. The van der Waals surface area contributed by atoms with Gasteiger partial charge in [-0.1, -0.05) is 0 Å². The number of methoxy groups -OCH3 is 1. The number of rotatable bonds is 3. The molecule has 0 spiro atoms. The van der Waals surface area contributed by atoms with Crippen LogP contribution in [0.5, 0.6) is 0 Å². The van der Waals surface area contributed by atoms with Crippen LogP contribution in [0, 0.1) is 0 Å². The molecule has 1 aliphatic heterocycles. The van der Waals surface area contributed by atoms with Crippen LogP contribution in [0.2, 0.25) is 0 Å². The van der Waals surface area contributed by atoms with Crippen LogP contribution >= 0.6 is 0 Å². The van der Waals surface area contributed by atoms with Crippen molar-refractivity contribution in [2.45, 2.75) is 12.8 Å². The van der Waals surface area contributed by atoms with Crippen LogP contribution in [0.4, 0.5) is 0 Å². The van der Waals surface area contributed by atoms with E-state index >= 15 is 0 Å². The van der Waals surface area contributed by atoms with Crippen molar-refractivity contribution in [3.05, 3.63) is 11.3 Å². The number of hydrogen-bond acceptors (Lipinski definition) is 4. The van der Waals surface area contributed by atoms with Crippen molar-refractivity contribution in [3.63, 3.8) is 0 Å². The van der Waals surface area contributed by atoms with Crippen molar-refractivity contribution in [1.82, 2.24) is 0 Å². The second-order valence-corrected chi connectivity index (χ2v) is 2.47. The van der Waals surface area contributed by atoms with Crippen LogP contribution in [-0.4, -0.2) is 31.4 Å². The third-order valence-corrected chi connectivity index (χ3v) is 1.74. The average molecular weight is 172 g/mol. The number of aliphatic hydroxyl groups is 1. The molecular weight excluding hydrogens is 160 g/mol. The molecule has 12 heavy (non-hydrogen) atoms. The highest BCUT2D eigenvalue weighted by molar-refractivity contribution is 5.89. The summed E-state index contributed by atoms with van der Waals surface area (Å²) in [6, 6.07) is 0. The smallest absolute Gasteiger partial charge is 0.337 e. The second kappa shape index (κ2) is 4.11. The lowest BCUT2D eigenvalue weighted by Crippen LogP contribution is -2.05. The Bertz CT molecular complexity index is 207. The van der Waals surface area contributed by atoms with Gasteiger partial charge < -0.3 is 14.6 Å². The average Bonchev–Trinajstić information content (AvgIpc) is 2.52. The van der Waals surface area contributed by atoms with Crippen LogP contribution in [-0.2, 0) is 14.3 Å². The number of carbonyl (C=O) groups is 1. The minimum absolute atomic E-state index is 0.00414. The van der Waals surface area contributed by atoms with Crippen molar-refractivity contribution < 1.29 is 19.4 Å². The Morgan fingerprint density at radius 1 is 1.75 bits per heavy atom. The Hall–Kier alpha value is -1.03. The summed E-state index contributed by atoms with van der Waals surface area (Å²) in [5.74, 6) is 0.223. The minimum atomic E-state index is -0.351. The van der Waals surface area contributed by atoms with Gasteiger partial charge in [-0.3, -0.25) is 0 Å². The fourth-order valence-electron chi connectivity index (χ4n) is 1.17. The molecule has 1 rings (SSSR count). The molecule has 0 amide bonds. The maximum atomic E-state index is 11.1. The van der Waals surface area contributed by atoms with Gasteiger partial charge in [-0.15, -0.1) is 0 Å². The van der Waals surface area contributed by atoms with Gasteiger partial charge in [0.1, 0.15) is 5.76 Å². The Labute approximate surface area is 70.8 Å². The van der Waals surface area contributed by atoms with Crippen molar-refractivity contribution in [2.24, 2.45) is 0 Å². The van der Waals surface area contributed by atoms with Gasteiger partial charge in [0.25, 0.3) is 0 Å². The molecule has 0 saturated carbocycles. The number of carbonyl (C=O) groups excluding carboxylic acids is 1. The number of esters is 1. The molecule has 0 aromatic rings. The van der Waals surface area contributed by atoms with Gasteiger partial charge in [0, 0.05) is 12.8 Å². The highest BCUT2D eigenvalue weighted by Crippen LogP contribution is 2.22. The van der Waals surface area contributed by atoms with Crippen molar-refractivity contribution >= 4 is 5.97 Å². The van der Waals surface area contributed by atoms with E-state index in [0.717, 1.165) is 0 Å². The van der Waals surface area contributed by atoms with E-state index in [9.17, 15) is 4.79 Å². The lowest BCUT2D eigenvalue weighted by molar-refractivity contribution is -0.136. The quantitative estimate of drug-likeness (QED) is 0.618. The first kappa shape index (κ1) is 9.06. The molecule has 1 N–H and O–H groups in total. The zero-order chi connectivity index (χ0) is 8.97. The van der Waals surface area contributed by atoms with E-state index in [1.165, 1.54) is 7.11 Å². The molecular formula is C8H12O4. The summed E-state index contributed by atoms with van der Waals surface area (Å²) in [6.07, 6.45) is 0.979. The molecule has 0 saturated heterocycles. The van der Waals surface area contributed by atoms with Gasteiger partial charge in [-0.25, -0.2) is 4.79 Å². The molecule has 0 aromatic carbocycles. The highest BCUT2D eigenvalue weighted by Gasteiger charge is 2.22. The van der Waals surface area contributed by atoms with Crippen LogP contribution in [0.1, 0.15) is 12.8 Å². The van der Waals surface area contributed by atoms with Crippen LogP contribution in [0.25, 0.3) is 0 Å². The first-order valence-electron chi connectivity index (χ1n) is 3.83. The SMILES string of the molecule is COC(=O)C1=C(CCO)OCC1. The first-order valence-corrected chi connectivity index (χ1v) is 3.83. The van der Waals surface area contributed by atoms with Crippen molar-refractivity contribution in [2.75, 3.05) is 20.3 Å². The summed E-state index contributed by atoms with van der Waals surface area (Å²) in [5.41, 5.74) is 0.562. The Kier molecular flexibility index (Phi) is 3.10. The zero-order valence-electron chi connectivity index (χ0n) is 7.00. The van der Waals surface area contributed by atoms with Crippen molar-refractivity contribution in [3.8, 4) is 0 Å². The van der Waals surface area contributed by atoms with E-state index in [0.29, 0.717) is 30.8 Å². The molecule has 0 atom stereocenters. The largest absolute Gasteiger partial charge is 0.497 e. The number of ether oxygens (including phenoxy) is 2. The fourth-order valence-corrected chi connectivity index (χ4v) is 1.17. The Balaban J connectivity index is 2.69. The van der Waals surface area contributed by atoms with Gasteiger partial charge in [-0.2, -0.15) is 0 Å². The van der Waals surface area contributed by atoms with E-state index in [1.54, 1.807) is 0 Å². The monoisotopic (exact) mass is 172 g/mol. The maximum absolute atomic E-state index is 11.1. The summed E-state index contributed by atoms with van der Waals surface area (Å²) < 4.78 is 9.70. The molecule has 0 unspecified atom stereocenters. The molecule has 1 aliphatic rings. The summed E-state index contributed by atoms with van der Waals surface area (Å²) in [4.78, 5) is 11.1. The Morgan fingerprint density at radius 2 is 2.50 bits per heavy atom. The van der Waals surface area contributed by atoms with Gasteiger partial charge in [-0.05, 0) is 0 Å². The fraction of sp³-hybridized carbons (Fsp3) is 0.625. The van der Waals surface area contributed by atoms with Crippen LogP contribution < -0.4 is 0 Å². The Morgan fingerprint density at radius 3 is 3.08 bits per heavy atom. The molecule has 68 valence electrons. The molecule has 0 aliphatic carbocycles. The number of aliphatic hydroxyl groups excluding tert-OH is 1. The van der Waals surface area contributed by atoms with Gasteiger partial charge in [0.2, 0.25) is 0 Å². The lowest BCUT2D eigenvalue weighted by Gasteiger charge is -2.02. The standard InChI is InChI=1S/C8H12O4/c1-11-8(10)6-3-5-12-7(6)2-4-9/h9H,2-5H2,1H3. The van der Waals surface area contributed by atoms with Gasteiger partial charge >= 0.3 is 5.97 Å². The topological polar surface area (TPSA) is 55.8 Å². The zero-order valence-corrected chi connectivity index (χ0v) is 7.00. The van der Waals surface area contributed by atoms with E-state index in [4.69, 9.17) is 9.84 Å². The van der Waals surface area contributed by atoms with Gasteiger partial charge in [0.15, 0.2) is 0 Å². The normalized spacial score (nSPS) is 16.2. The minimum Gasteiger partial charge on any atom is -0.497 e. The van der Waals surface area contributed by atoms with E-state index in [2.05, 4.69) is 4.74 Å². The van der Waals surface area contributed by atoms with Crippen LogP contribution in [0.15, 0.2) is 11.3 Å². The van der Waals surface area contributed by atoms with E-state index < -0.39 is 0 Å². The summed E-state index contributed by atoms with van der Waals surface area (Å²) in [5, 5.41) is 8.63. The van der Waals surface area contributed by atoms with E-state index in [1.807, 2.05) is 0 Å². The van der Waals surface area contributed by atoms with E-state index in [-0.39, 0.29) is 12.6 Å². The van der Waals surface area contributed by atoms with Crippen molar-refractivity contribution in [1.29, 1.82) is 0 Å². The summed E-state index contributed by atoms with van der Waals surface area (Å²) in [7, 11) is 1.34. The lowest BCUT2D eigenvalue weighted by atomic mass is 10.1. The summed E-state index contributed by atoms with van der Waals surface area (Å²) >= 11 is 0.